The van der Waals surface area contributed by atoms with Crippen LogP contribution in [-0.2, 0) is 4.79 Å². The summed E-state index contributed by atoms with van der Waals surface area (Å²) < 4.78 is 0.711. The molecule has 0 heterocycles. The summed E-state index contributed by atoms with van der Waals surface area (Å²) in [4.78, 5) is 22.8. The van der Waals surface area contributed by atoms with Gasteiger partial charge in [-0.25, -0.2) is 4.79 Å². The first-order chi connectivity index (χ1) is 8.93. The number of carbonyl (C=O) groups is 2. The van der Waals surface area contributed by atoms with Crippen LogP contribution in [-0.4, -0.2) is 23.5 Å². The Bertz CT molecular complexity index is 477. The number of rotatable bonds is 6. The van der Waals surface area contributed by atoms with Crippen molar-refractivity contribution in [3.8, 4) is 0 Å². The number of benzene rings is 1. The summed E-state index contributed by atoms with van der Waals surface area (Å²) in [5.74, 6) is -1.01. The van der Waals surface area contributed by atoms with Gasteiger partial charge in [0.15, 0.2) is 0 Å². The molecule has 1 amide bonds. The average Bonchev–Trinajstić information content (AvgIpc) is 2.35. The summed E-state index contributed by atoms with van der Waals surface area (Å²) in [6.07, 6.45) is 1.00. The van der Waals surface area contributed by atoms with Gasteiger partial charge in [-0.3, -0.25) is 4.79 Å². The first kappa shape index (κ1) is 15.7. The number of hydrogen-bond acceptors (Lipinski definition) is 3. The Morgan fingerprint density at radius 1 is 1.47 bits per heavy atom. The number of carbonyl (C=O) groups excluding carboxylic acids is 1. The molecular weight excluding hydrogens is 312 g/mol. The van der Waals surface area contributed by atoms with Gasteiger partial charge in [0.25, 0.3) is 0 Å². The van der Waals surface area contributed by atoms with Crippen LogP contribution < -0.4 is 11.1 Å². The van der Waals surface area contributed by atoms with E-state index >= 15 is 0 Å². The minimum absolute atomic E-state index is 0.0726. The molecule has 0 spiro atoms. The predicted octanol–water partition coefficient (Wildman–Crippen LogP) is 2.46. The van der Waals surface area contributed by atoms with E-state index in [1.165, 1.54) is 6.07 Å². The fourth-order valence-corrected chi connectivity index (χ4v) is 1.88. The van der Waals surface area contributed by atoms with Crippen molar-refractivity contribution >= 4 is 33.5 Å². The van der Waals surface area contributed by atoms with Gasteiger partial charge in [-0.15, -0.1) is 0 Å². The molecule has 0 aliphatic rings. The second-order valence-electron chi connectivity index (χ2n) is 4.42. The van der Waals surface area contributed by atoms with Gasteiger partial charge in [0, 0.05) is 10.9 Å². The molecule has 0 saturated carbocycles. The predicted molar refractivity (Wildman–Crippen MR) is 77.2 cm³/mol. The number of amides is 1. The molecule has 104 valence electrons. The van der Waals surface area contributed by atoms with E-state index < -0.39 is 5.97 Å². The molecule has 0 fully saturated rings. The number of nitrogens with two attached hydrogens (primary N) is 1. The molecule has 0 radical (unpaired) electrons. The fourth-order valence-electron chi connectivity index (χ4n) is 1.51. The summed E-state index contributed by atoms with van der Waals surface area (Å²) in [5.41, 5.74) is 5.85. The Morgan fingerprint density at radius 2 is 2.16 bits per heavy atom. The first-order valence-corrected chi connectivity index (χ1v) is 6.76. The van der Waals surface area contributed by atoms with Crippen molar-refractivity contribution in [2.75, 3.05) is 11.9 Å². The largest absolute Gasteiger partial charge is 0.478 e. The first-order valence-electron chi connectivity index (χ1n) is 5.96. The third-order valence-corrected chi connectivity index (χ3v) is 3.25. The van der Waals surface area contributed by atoms with E-state index in [1.54, 1.807) is 12.1 Å². The Kier molecular flexibility index (Phi) is 5.98. The minimum atomic E-state index is -1.07. The van der Waals surface area contributed by atoms with Crippen LogP contribution in [0.5, 0.6) is 0 Å². The molecule has 5 nitrogen and oxygen atoms in total. The lowest BCUT2D eigenvalue weighted by atomic mass is 10.1. The number of carboxylic acid groups (broad SMARTS) is 1. The van der Waals surface area contributed by atoms with E-state index in [0.717, 1.165) is 0 Å². The number of anilines is 1. The molecule has 0 aliphatic heterocycles. The molecule has 1 aromatic rings. The number of halogens is 1. The third kappa shape index (κ3) is 5.00. The fraction of sp³-hybridized carbons (Fsp3) is 0.385. The lowest BCUT2D eigenvalue weighted by molar-refractivity contribution is -0.116. The van der Waals surface area contributed by atoms with Crippen LogP contribution in [0.25, 0.3) is 0 Å². The smallest absolute Gasteiger partial charge is 0.337 e. The summed E-state index contributed by atoms with van der Waals surface area (Å²) in [5, 5.41) is 11.7. The summed E-state index contributed by atoms with van der Waals surface area (Å²) in [6.45, 7) is 2.50. The summed E-state index contributed by atoms with van der Waals surface area (Å²) in [6, 6.07) is 4.65. The average molecular weight is 329 g/mol. The highest BCUT2D eigenvalue weighted by Crippen LogP contribution is 2.22. The molecule has 0 saturated heterocycles. The molecule has 0 aromatic heterocycles. The monoisotopic (exact) mass is 328 g/mol. The van der Waals surface area contributed by atoms with Gasteiger partial charge in [0.05, 0.1) is 11.3 Å². The summed E-state index contributed by atoms with van der Waals surface area (Å²) >= 11 is 3.25. The minimum Gasteiger partial charge on any atom is -0.478 e. The molecule has 0 bridgehead atoms. The zero-order chi connectivity index (χ0) is 14.4. The number of hydrogen-bond donors (Lipinski definition) is 3. The van der Waals surface area contributed by atoms with Crippen LogP contribution in [0.1, 0.15) is 30.1 Å². The van der Waals surface area contributed by atoms with Crippen molar-refractivity contribution in [2.45, 2.75) is 19.8 Å². The summed E-state index contributed by atoms with van der Waals surface area (Å²) in [7, 11) is 0. The van der Waals surface area contributed by atoms with E-state index in [-0.39, 0.29) is 17.4 Å². The Labute approximate surface area is 120 Å². The maximum Gasteiger partial charge on any atom is 0.337 e. The van der Waals surface area contributed by atoms with Gasteiger partial charge in [-0.05, 0) is 37.1 Å². The van der Waals surface area contributed by atoms with Crippen LogP contribution in [0, 0.1) is 5.92 Å². The lowest BCUT2D eigenvalue weighted by Crippen LogP contribution is -2.17. The van der Waals surface area contributed by atoms with E-state index in [0.29, 0.717) is 29.5 Å². The topological polar surface area (TPSA) is 92.4 Å². The number of nitrogens with one attached hydrogen (secondary N) is 1. The molecule has 0 aliphatic carbocycles. The van der Waals surface area contributed by atoms with Gasteiger partial charge in [0.2, 0.25) is 5.91 Å². The van der Waals surface area contributed by atoms with Gasteiger partial charge < -0.3 is 16.2 Å². The van der Waals surface area contributed by atoms with Crippen molar-refractivity contribution in [3.63, 3.8) is 0 Å². The van der Waals surface area contributed by atoms with Crippen LogP contribution in [0.4, 0.5) is 5.69 Å². The second kappa shape index (κ2) is 7.25. The molecule has 4 N–H and O–H groups in total. The zero-order valence-corrected chi connectivity index (χ0v) is 12.2. The molecule has 1 rings (SSSR count). The standard InChI is InChI=1S/C13H17BrN2O3/c1-8(7-15)2-5-12(17)16-11-6-9(14)3-4-10(11)13(18)19/h3-4,6,8H,2,5,7,15H2,1H3,(H,16,17)(H,18,19). The highest BCUT2D eigenvalue weighted by atomic mass is 79.9. The SMILES string of the molecule is CC(CN)CCC(=O)Nc1cc(Br)ccc1C(=O)O. The van der Waals surface area contributed by atoms with Crippen molar-refractivity contribution in [1.82, 2.24) is 0 Å². The molecular formula is C13H17BrN2O3. The maximum atomic E-state index is 11.8. The number of carboxylic acids is 1. The van der Waals surface area contributed by atoms with Crippen LogP contribution in [0.15, 0.2) is 22.7 Å². The molecule has 1 unspecified atom stereocenters. The van der Waals surface area contributed by atoms with Crippen LogP contribution in [0.3, 0.4) is 0 Å². The third-order valence-electron chi connectivity index (χ3n) is 2.75. The van der Waals surface area contributed by atoms with E-state index in [1.807, 2.05) is 6.92 Å². The normalized spacial score (nSPS) is 11.9. The van der Waals surface area contributed by atoms with Crippen LogP contribution >= 0.6 is 15.9 Å². The van der Waals surface area contributed by atoms with Crippen molar-refractivity contribution in [3.05, 3.63) is 28.2 Å². The number of aromatic carboxylic acids is 1. The van der Waals surface area contributed by atoms with Gasteiger partial charge >= 0.3 is 5.97 Å². The molecule has 1 aromatic carbocycles. The van der Waals surface area contributed by atoms with E-state index in [4.69, 9.17) is 10.8 Å². The highest BCUT2D eigenvalue weighted by Gasteiger charge is 2.13. The van der Waals surface area contributed by atoms with E-state index in [2.05, 4.69) is 21.2 Å². The Hall–Kier alpha value is -1.40. The molecule has 1 atom stereocenters. The van der Waals surface area contributed by atoms with Gasteiger partial charge in [0.1, 0.15) is 0 Å². The van der Waals surface area contributed by atoms with Crippen LogP contribution in [0.2, 0.25) is 0 Å². The molecule has 19 heavy (non-hydrogen) atoms. The van der Waals surface area contributed by atoms with Crippen molar-refractivity contribution in [1.29, 1.82) is 0 Å². The van der Waals surface area contributed by atoms with Crippen molar-refractivity contribution < 1.29 is 14.7 Å². The van der Waals surface area contributed by atoms with Crippen molar-refractivity contribution in [2.24, 2.45) is 11.7 Å². The lowest BCUT2D eigenvalue weighted by Gasteiger charge is -2.11. The van der Waals surface area contributed by atoms with E-state index in [9.17, 15) is 9.59 Å². The zero-order valence-electron chi connectivity index (χ0n) is 10.6. The highest BCUT2D eigenvalue weighted by molar-refractivity contribution is 9.10. The second-order valence-corrected chi connectivity index (χ2v) is 5.34. The Balaban J connectivity index is 2.73. The molecule has 6 heteroatoms. The maximum absolute atomic E-state index is 11.8. The van der Waals surface area contributed by atoms with Gasteiger partial charge in [-0.1, -0.05) is 22.9 Å². The Morgan fingerprint density at radius 3 is 2.74 bits per heavy atom. The quantitative estimate of drug-likeness (QED) is 0.747. The van der Waals surface area contributed by atoms with Gasteiger partial charge in [-0.2, -0.15) is 0 Å².